The molecule has 0 aliphatic carbocycles. The number of sulfonamides is 1. The maximum Gasteiger partial charge on any atom is 0.212 e. The zero-order chi connectivity index (χ0) is 12.6. The first kappa shape index (κ1) is 15.7. The molecule has 0 aromatic carbocycles. The second-order valence-corrected chi connectivity index (χ2v) is 6.30. The molecule has 0 saturated carbocycles. The molecule has 0 rings (SSSR count). The molecular weight excluding hydrogens is 250 g/mol. The number of thioether (sulfide) groups is 1. The van der Waals surface area contributed by atoms with Gasteiger partial charge in [-0.1, -0.05) is 13.3 Å². The summed E-state index contributed by atoms with van der Waals surface area (Å²) in [6.07, 6.45) is 3.35. The number of nitrogens with one attached hydrogen (secondary N) is 1. The molecule has 0 aliphatic rings. The Hall–Kier alpha value is -0.270. The van der Waals surface area contributed by atoms with Gasteiger partial charge in [-0.25, -0.2) is 13.1 Å². The number of carboxylic acids is 1. The minimum absolute atomic E-state index is 0.0352. The smallest absolute Gasteiger partial charge is 0.212 e. The van der Waals surface area contributed by atoms with Crippen LogP contribution in [0.3, 0.4) is 0 Å². The number of carbonyl (C=O) groups excluding carboxylic acids is 1. The fourth-order valence-electron chi connectivity index (χ4n) is 1.07. The second kappa shape index (κ2) is 7.92. The van der Waals surface area contributed by atoms with Crippen molar-refractivity contribution in [1.82, 2.24) is 4.72 Å². The van der Waals surface area contributed by atoms with Crippen LogP contribution in [-0.2, 0) is 14.8 Å². The van der Waals surface area contributed by atoms with Gasteiger partial charge in [-0.2, -0.15) is 11.8 Å². The highest BCUT2D eigenvalue weighted by Crippen LogP contribution is 2.03. The number of aliphatic carboxylic acids is 1. The zero-order valence-electron chi connectivity index (χ0n) is 9.56. The van der Waals surface area contributed by atoms with Crippen molar-refractivity contribution in [2.75, 3.05) is 17.8 Å². The van der Waals surface area contributed by atoms with E-state index >= 15 is 0 Å². The van der Waals surface area contributed by atoms with Crippen LogP contribution in [-0.4, -0.2) is 38.2 Å². The third kappa shape index (κ3) is 7.08. The molecular formula is C9H18NO4S2-. The maximum absolute atomic E-state index is 11.5. The quantitative estimate of drug-likeness (QED) is 0.613. The van der Waals surface area contributed by atoms with E-state index in [4.69, 9.17) is 0 Å². The van der Waals surface area contributed by atoms with Gasteiger partial charge in [0.05, 0.1) is 17.8 Å². The predicted octanol–water partition coefficient (Wildman–Crippen LogP) is -0.422. The van der Waals surface area contributed by atoms with Gasteiger partial charge in [0.25, 0.3) is 0 Å². The zero-order valence-corrected chi connectivity index (χ0v) is 11.2. The topological polar surface area (TPSA) is 86.3 Å². The molecule has 1 atom stereocenters. The van der Waals surface area contributed by atoms with Crippen LogP contribution in [0, 0.1) is 0 Å². The molecule has 0 amide bonds. The summed E-state index contributed by atoms with van der Waals surface area (Å²) in [5, 5.41) is 10.7. The Bertz CT molecular complexity index is 303. The maximum atomic E-state index is 11.5. The van der Waals surface area contributed by atoms with E-state index in [1.165, 1.54) is 11.8 Å². The average Bonchev–Trinajstić information content (AvgIpc) is 2.21. The Labute approximate surface area is 101 Å². The van der Waals surface area contributed by atoms with Gasteiger partial charge in [0.2, 0.25) is 10.0 Å². The summed E-state index contributed by atoms with van der Waals surface area (Å²) in [6.45, 7) is 1.87. The summed E-state index contributed by atoms with van der Waals surface area (Å²) in [5.74, 6) is -0.823. The summed E-state index contributed by atoms with van der Waals surface area (Å²) in [7, 11) is -3.50. The molecule has 0 aliphatic heterocycles. The lowest BCUT2D eigenvalue weighted by atomic mass is 10.2. The molecule has 96 valence electrons. The van der Waals surface area contributed by atoms with Crippen LogP contribution in [0.25, 0.3) is 0 Å². The van der Waals surface area contributed by atoms with Crippen LogP contribution < -0.4 is 9.83 Å². The van der Waals surface area contributed by atoms with E-state index in [1.807, 2.05) is 13.2 Å². The summed E-state index contributed by atoms with van der Waals surface area (Å²) < 4.78 is 25.1. The second-order valence-electron chi connectivity index (χ2n) is 3.44. The molecule has 0 radical (unpaired) electrons. The highest BCUT2D eigenvalue weighted by atomic mass is 32.2. The summed E-state index contributed by atoms with van der Waals surface area (Å²) in [6, 6.07) is -1.12. The number of hydrogen-bond donors (Lipinski definition) is 1. The van der Waals surface area contributed by atoms with Crippen LogP contribution in [0.2, 0.25) is 0 Å². The van der Waals surface area contributed by atoms with Gasteiger partial charge in [-0.3, -0.25) is 0 Å². The van der Waals surface area contributed by atoms with Gasteiger partial charge < -0.3 is 9.90 Å². The van der Waals surface area contributed by atoms with Crippen LogP contribution >= 0.6 is 11.8 Å². The van der Waals surface area contributed by atoms with Gasteiger partial charge in [-0.15, -0.1) is 0 Å². The third-order valence-corrected chi connectivity index (χ3v) is 4.10. The first-order valence-electron chi connectivity index (χ1n) is 5.12. The fourth-order valence-corrected chi connectivity index (χ4v) is 2.98. The van der Waals surface area contributed by atoms with Crippen molar-refractivity contribution in [2.24, 2.45) is 0 Å². The predicted molar refractivity (Wildman–Crippen MR) is 63.6 cm³/mol. The lowest BCUT2D eigenvalue weighted by Crippen LogP contribution is -2.48. The molecule has 0 saturated heterocycles. The molecule has 1 N–H and O–H groups in total. The molecule has 7 heteroatoms. The van der Waals surface area contributed by atoms with Crippen LogP contribution in [0.4, 0.5) is 0 Å². The summed E-state index contributed by atoms with van der Waals surface area (Å²) in [4.78, 5) is 10.7. The van der Waals surface area contributed by atoms with Crippen molar-refractivity contribution in [2.45, 2.75) is 32.2 Å². The van der Waals surface area contributed by atoms with Crippen LogP contribution in [0.1, 0.15) is 26.2 Å². The Morgan fingerprint density at radius 1 is 1.50 bits per heavy atom. The van der Waals surface area contributed by atoms with Crippen molar-refractivity contribution in [1.29, 1.82) is 0 Å². The normalized spacial score (nSPS) is 13.6. The Kier molecular flexibility index (Phi) is 7.78. The SMILES string of the molecule is CCCCS(=O)(=O)NC(CCSC)C(=O)[O-]. The van der Waals surface area contributed by atoms with Crippen LogP contribution in [0.15, 0.2) is 0 Å². The molecule has 0 bridgehead atoms. The monoisotopic (exact) mass is 268 g/mol. The molecule has 0 spiro atoms. The highest BCUT2D eigenvalue weighted by Gasteiger charge is 2.17. The number of hydrogen-bond acceptors (Lipinski definition) is 5. The van der Waals surface area contributed by atoms with Crippen LogP contribution in [0.5, 0.6) is 0 Å². The summed E-state index contributed by atoms with van der Waals surface area (Å²) in [5.41, 5.74) is 0. The van der Waals surface area contributed by atoms with Crippen molar-refractivity contribution in [3.8, 4) is 0 Å². The van der Waals surface area contributed by atoms with E-state index in [2.05, 4.69) is 4.72 Å². The largest absolute Gasteiger partial charge is 0.548 e. The van der Waals surface area contributed by atoms with Gasteiger partial charge >= 0.3 is 0 Å². The van der Waals surface area contributed by atoms with Gasteiger partial charge in [0.15, 0.2) is 0 Å². The molecule has 0 heterocycles. The number of carbonyl (C=O) groups is 1. The van der Waals surface area contributed by atoms with Crippen molar-refractivity contribution >= 4 is 27.8 Å². The average molecular weight is 268 g/mol. The first-order valence-corrected chi connectivity index (χ1v) is 8.17. The Morgan fingerprint density at radius 3 is 2.56 bits per heavy atom. The molecule has 16 heavy (non-hydrogen) atoms. The molecule has 1 unspecified atom stereocenters. The number of rotatable bonds is 9. The minimum Gasteiger partial charge on any atom is -0.548 e. The molecule has 5 nitrogen and oxygen atoms in total. The van der Waals surface area contributed by atoms with E-state index in [9.17, 15) is 18.3 Å². The van der Waals surface area contributed by atoms with E-state index in [0.29, 0.717) is 12.2 Å². The molecule has 0 aromatic heterocycles. The summed E-state index contributed by atoms with van der Waals surface area (Å²) >= 11 is 1.47. The van der Waals surface area contributed by atoms with E-state index in [0.717, 1.165) is 6.42 Å². The number of carboxylic acid groups (broad SMARTS) is 1. The van der Waals surface area contributed by atoms with Crippen molar-refractivity contribution in [3.63, 3.8) is 0 Å². The van der Waals surface area contributed by atoms with E-state index in [1.54, 1.807) is 0 Å². The molecule has 0 fully saturated rings. The Balaban J connectivity index is 4.32. The lowest BCUT2D eigenvalue weighted by Gasteiger charge is -2.19. The third-order valence-electron chi connectivity index (χ3n) is 1.98. The molecule has 0 aromatic rings. The minimum atomic E-state index is -3.50. The van der Waals surface area contributed by atoms with Gasteiger partial charge in [0, 0.05) is 0 Å². The standard InChI is InChI=1S/C9H19NO4S2/c1-3-4-7-16(13,14)10-8(9(11)12)5-6-15-2/h8,10H,3-7H2,1-2H3,(H,11,12)/p-1. The van der Waals surface area contributed by atoms with Gasteiger partial charge in [0.1, 0.15) is 0 Å². The van der Waals surface area contributed by atoms with Crippen molar-refractivity contribution in [3.05, 3.63) is 0 Å². The van der Waals surface area contributed by atoms with E-state index < -0.39 is 22.0 Å². The first-order chi connectivity index (χ1) is 7.43. The fraction of sp³-hybridized carbons (Fsp3) is 0.889. The Morgan fingerprint density at radius 2 is 2.12 bits per heavy atom. The van der Waals surface area contributed by atoms with E-state index in [-0.39, 0.29) is 12.2 Å². The number of unbranched alkanes of at least 4 members (excludes halogenated alkanes) is 1. The van der Waals surface area contributed by atoms with Gasteiger partial charge in [-0.05, 0) is 24.9 Å². The van der Waals surface area contributed by atoms with Crippen molar-refractivity contribution < 1.29 is 18.3 Å². The highest BCUT2D eigenvalue weighted by molar-refractivity contribution is 7.98. The lowest BCUT2D eigenvalue weighted by molar-refractivity contribution is -0.308.